The second kappa shape index (κ2) is 5.25. The van der Waals surface area contributed by atoms with Gasteiger partial charge in [0.1, 0.15) is 11.0 Å². The zero-order valence-corrected chi connectivity index (χ0v) is 11.2. The number of hydrogen-bond donors (Lipinski definition) is 3. The molecule has 0 spiro atoms. The molecule has 0 aliphatic rings. The normalized spacial score (nSPS) is 10.3. The van der Waals surface area contributed by atoms with E-state index in [1.807, 2.05) is 6.92 Å². The van der Waals surface area contributed by atoms with Gasteiger partial charge in [0.25, 0.3) is 5.91 Å². The molecule has 0 saturated heterocycles. The summed E-state index contributed by atoms with van der Waals surface area (Å²) in [5.41, 5.74) is 4.08. The molecule has 0 atom stereocenters. The average Bonchev–Trinajstić information content (AvgIpc) is 2.67. The van der Waals surface area contributed by atoms with Crippen LogP contribution in [0.3, 0.4) is 0 Å². The molecule has 8 heteroatoms. The Hall–Kier alpha value is -2.12. The second-order valence-electron chi connectivity index (χ2n) is 3.96. The zero-order valence-electron chi connectivity index (χ0n) is 10.4. The van der Waals surface area contributed by atoms with Crippen molar-refractivity contribution in [3.63, 3.8) is 0 Å². The van der Waals surface area contributed by atoms with Crippen molar-refractivity contribution in [2.75, 3.05) is 10.7 Å². The van der Waals surface area contributed by atoms with Gasteiger partial charge in [0, 0.05) is 18.8 Å². The molecule has 4 N–H and O–H groups in total. The van der Waals surface area contributed by atoms with Gasteiger partial charge < -0.3 is 10.7 Å². The standard InChI is InChI=1S/C11H13ClN6O/c1-6-8(5-18(2)17-6)14-11(19)7-3-9(12)15-10(4-7)16-13/h3-5H,13H2,1-2H3,(H,14,19)(H,15,16). The Balaban J connectivity index is 2.25. The lowest BCUT2D eigenvalue weighted by Gasteiger charge is -2.06. The highest BCUT2D eigenvalue weighted by atomic mass is 35.5. The highest BCUT2D eigenvalue weighted by Gasteiger charge is 2.12. The van der Waals surface area contributed by atoms with E-state index in [9.17, 15) is 4.79 Å². The first-order valence-electron chi connectivity index (χ1n) is 5.45. The molecule has 7 nitrogen and oxygen atoms in total. The Bertz CT molecular complexity index is 624. The van der Waals surface area contributed by atoms with Gasteiger partial charge in [0.15, 0.2) is 0 Å². The summed E-state index contributed by atoms with van der Waals surface area (Å²) in [5.74, 6) is 5.26. The van der Waals surface area contributed by atoms with E-state index >= 15 is 0 Å². The molecule has 2 aromatic rings. The van der Waals surface area contributed by atoms with Crippen molar-refractivity contribution in [1.29, 1.82) is 0 Å². The minimum Gasteiger partial charge on any atom is -0.319 e. The number of rotatable bonds is 3. The number of aromatic nitrogens is 3. The Labute approximate surface area is 114 Å². The molecule has 0 radical (unpaired) electrons. The van der Waals surface area contributed by atoms with Gasteiger partial charge in [-0.1, -0.05) is 11.6 Å². The number of nitrogens with zero attached hydrogens (tertiary/aromatic N) is 3. The van der Waals surface area contributed by atoms with Crippen LogP contribution in [-0.2, 0) is 7.05 Å². The summed E-state index contributed by atoms with van der Waals surface area (Å²) >= 11 is 5.81. The van der Waals surface area contributed by atoms with E-state index in [2.05, 4.69) is 20.8 Å². The summed E-state index contributed by atoms with van der Waals surface area (Å²) < 4.78 is 1.62. The number of carbonyl (C=O) groups excluding carboxylic acids is 1. The summed E-state index contributed by atoms with van der Waals surface area (Å²) in [7, 11) is 1.78. The Morgan fingerprint density at radius 2 is 2.21 bits per heavy atom. The lowest BCUT2D eigenvalue weighted by Crippen LogP contribution is -2.14. The predicted octanol–water partition coefficient (Wildman–Crippen LogP) is 1.31. The summed E-state index contributed by atoms with van der Waals surface area (Å²) in [4.78, 5) is 16.0. The Kier molecular flexibility index (Phi) is 3.68. The number of hydrazine groups is 1. The van der Waals surface area contributed by atoms with E-state index in [0.717, 1.165) is 5.69 Å². The molecule has 0 aliphatic carbocycles. The molecule has 2 heterocycles. The second-order valence-corrected chi connectivity index (χ2v) is 4.35. The van der Waals surface area contributed by atoms with Crippen molar-refractivity contribution < 1.29 is 4.79 Å². The van der Waals surface area contributed by atoms with E-state index in [1.54, 1.807) is 17.9 Å². The summed E-state index contributed by atoms with van der Waals surface area (Å²) in [6.45, 7) is 1.81. The van der Waals surface area contributed by atoms with Crippen LogP contribution in [0.2, 0.25) is 5.15 Å². The number of pyridine rings is 1. The van der Waals surface area contributed by atoms with Crippen LogP contribution >= 0.6 is 11.6 Å². The highest BCUT2D eigenvalue weighted by Crippen LogP contribution is 2.17. The van der Waals surface area contributed by atoms with E-state index in [4.69, 9.17) is 17.4 Å². The smallest absolute Gasteiger partial charge is 0.256 e. The van der Waals surface area contributed by atoms with Crippen LogP contribution in [0.15, 0.2) is 18.3 Å². The monoisotopic (exact) mass is 280 g/mol. The molecule has 0 aliphatic heterocycles. The largest absolute Gasteiger partial charge is 0.319 e. The molecule has 100 valence electrons. The van der Waals surface area contributed by atoms with Gasteiger partial charge in [-0.2, -0.15) is 5.10 Å². The van der Waals surface area contributed by atoms with E-state index in [0.29, 0.717) is 17.1 Å². The number of aryl methyl sites for hydroxylation is 2. The number of nitrogens with one attached hydrogen (secondary N) is 2. The number of halogens is 1. The third kappa shape index (κ3) is 3.01. The zero-order chi connectivity index (χ0) is 14.0. The van der Waals surface area contributed by atoms with Crippen LogP contribution in [0.5, 0.6) is 0 Å². The summed E-state index contributed by atoms with van der Waals surface area (Å²) in [5, 5.41) is 7.07. The van der Waals surface area contributed by atoms with Gasteiger partial charge in [-0.25, -0.2) is 10.8 Å². The van der Waals surface area contributed by atoms with E-state index in [1.165, 1.54) is 12.1 Å². The first-order valence-corrected chi connectivity index (χ1v) is 5.83. The molecular weight excluding hydrogens is 268 g/mol. The van der Waals surface area contributed by atoms with Gasteiger partial charge in [-0.3, -0.25) is 9.48 Å². The van der Waals surface area contributed by atoms with Crippen molar-refractivity contribution in [3.8, 4) is 0 Å². The number of anilines is 2. The van der Waals surface area contributed by atoms with Crippen LogP contribution in [0.25, 0.3) is 0 Å². The van der Waals surface area contributed by atoms with Crippen LogP contribution in [0.1, 0.15) is 16.1 Å². The first-order chi connectivity index (χ1) is 8.99. The minimum atomic E-state index is -0.308. The lowest BCUT2D eigenvalue weighted by atomic mass is 10.2. The molecule has 19 heavy (non-hydrogen) atoms. The summed E-state index contributed by atoms with van der Waals surface area (Å²) in [6, 6.07) is 2.97. The average molecular weight is 281 g/mol. The van der Waals surface area contributed by atoms with Gasteiger partial charge in [-0.05, 0) is 19.1 Å². The number of nitrogens with two attached hydrogens (primary N) is 1. The maximum absolute atomic E-state index is 12.1. The topological polar surface area (TPSA) is 97.9 Å². The predicted molar refractivity (Wildman–Crippen MR) is 73.0 cm³/mol. The van der Waals surface area contributed by atoms with E-state index in [-0.39, 0.29) is 11.1 Å². The van der Waals surface area contributed by atoms with Crippen molar-refractivity contribution in [2.45, 2.75) is 6.92 Å². The molecule has 1 amide bonds. The van der Waals surface area contributed by atoms with Crippen LogP contribution in [-0.4, -0.2) is 20.7 Å². The highest BCUT2D eigenvalue weighted by molar-refractivity contribution is 6.30. The van der Waals surface area contributed by atoms with Gasteiger partial charge in [-0.15, -0.1) is 0 Å². The van der Waals surface area contributed by atoms with Crippen LogP contribution in [0.4, 0.5) is 11.5 Å². The Morgan fingerprint density at radius 1 is 1.47 bits per heavy atom. The molecule has 0 unspecified atom stereocenters. The molecule has 2 rings (SSSR count). The van der Waals surface area contributed by atoms with Crippen molar-refractivity contribution in [1.82, 2.24) is 14.8 Å². The van der Waals surface area contributed by atoms with Crippen LogP contribution in [0, 0.1) is 6.92 Å². The quantitative estimate of drug-likeness (QED) is 0.447. The fourth-order valence-electron chi connectivity index (χ4n) is 1.62. The van der Waals surface area contributed by atoms with E-state index < -0.39 is 0 Å². The first kappa shape index (κ1) is 13.3. The van der Waals surface area contributed by atoms with Crippen LogP contribution < -0.4 is 16.6 Å². The lowest BCUT2D eigenvalue weighted by molar-refractivity contribution is 0.102. The minimum absolute atomic E-state index is 0.184. The molecule has 0 saturated carbocycles. The fraction of sp³-hybridized carbons (Fsp3) is 0.182. The maximum atomic E-state index is 12.1. The number of hydrogen-bond acceptors (Lipinski definition) is 5. The van der Waals surface area contributed by atoms with Gasteiger partial charge in [0.2, 0.25) is 0 Å². The third-order valence-electron chi connectivity index (χ3n) is 2.47. The van der Waals surface area contributed by atoms with Gasteiger partial charge >= 0.3 is 0 Å². The number of carbonyl (C=O) groups is 1. The maximum Gasteiger partial charge on any atom is 0.256 e. The molecule has 0 fully saturated rings. The number of nitrogen functional groups attached to an aromatic ring is 1. The Morgan fingerprint density at radius 3 is 2.79 bits per heavy atom. The van der Waals surface area contributed by atoms with Gasteiger partial charge in [0.05, 0.1) is 11.4 Å². The molecule has 0 bridgehead atoms. The molecule has 2 aromatic heterocycles. The SMILES string of the molecule is Cc1nn(C)cc1NC(=O)c1cc(Cl)nc(NN)c1. The van der Waals surface area contributed by atoms with Crippen molar-refractivity contribution >= 4 is 29.0 Å². The molecule has 0 aromatic carbocycles. The fourth-order valence-corrected chi connectivity index (χ4v) is 1.83. The van der Waals surface area contributed by atoms with Crippen molar-refractivity contribution in [2.24, 2.45) is 12.9 Å². The summed E-state index contributed by atoms with van der Waals surface area (Å²) in [6.07, 6.45) is 1.72. The van der Waals surface area contributed by atoms with Crippen molar-refractivity contribution in [3.05, 3.63) is 34.7 Å². The number of amides is 1. The third-order valence-corrected chi connectivity index (χ3v) is 2.66. The molecular formula is C11H13ClN6O.